The molecule has 2 unspecified atom stereocenters. The number of carbonyl (C=O) groups is 3. The van der Waals surface area contributed by atoms with E-state index in [-0.39, 0.29) is 18.6 Å². The minimum absolute atomic E-state index is 0.235. The van der Waals surface area contributed by atoms with Crippen molar-refractivity contribution in [3.05, 3.63) is 81.7 Å². The minimum atomic E-state index is -1.02. The van der Waals surface area contributed by atoms with Crippen molar-refractivity contribution in [2.75, 3.05) is 17.7 Å². The molecule has 4 rings (SSSR count). The van der Waals surface area contributed by atoms with Gasteiger partial charge in [-0.3, -0.25) is 4.79 Å². The van der Waals surface area contributed by atoms with Crippen LogP contribution in [0, 0.1) is 0 Å². The summed E-state index contributed by atoms with van der Waals surface area (Å²) in [6.07, 6.45) is 1.66. The Kier molecular flexibility index (Phi) is 8.05. The van der Waals surface area contributed by atoms with Crippen LogP contribution in [0.1, 0.15) is 69.3 Å². The monoisotopic (exact) mass is 506 g/mol. The Balaban J connectivity index is 1.56. The van der Waals surface area contributed by atoms with E-state index >= 15 is 0 Å². The standard InChI is InChI=1S/C28H30N2O5S/c1-3-22(35-27(32)19-11-8-12-20(29)15-19)25(31)30-26-24(28(33)34-4-2)21-14-13-18(16-23(21)36-26)17-9-6-5-7-10-17/h5-12,15,18,22H,3-4,13-14,16,29H2,1-2H3,(H,30,31). The van der Waals surface area contributed by atoms with Gasteiger partial charge in [-0.1, -0.05) is 43.3 Å². The lowest BCUT2D eigenvalue weighted by Gasteiger charge is -2.23. The third kappa shape index (κ3) is 5.60. The second-order valence-electron chi connectivity index (χ2n) is 8.70. The SMILES string of the molecule is CCOC(=O)c1c(NC(=O)C(CC)OC(=O)c2cccc(N)c2)sc2c1CCC(c1ccccc1)C2. The average molecular weight is 507 g/mol. The molecule has 2 aromatic carbocycles. The zero-order valence-corrected chi connectivity index (χ0v) is 21.2. The summed E-state index contributed by atoms with van der Waals surface area (Å²) in [5.41, 5.74) is 9.07. The molecule has 0 fully saturated rings. The summed E-state index contributed by atoms with van der Waals surface area (Å²) in [5.74, 6) is -1.23. The molecule has 1 heterocycles. The summed E-state index contributed by atoms with van der Waals surface area (Å²) < 4.78 is 10.8. The van der Waals surface area contributed by atoms with E-state index in [4.69, 9.17) is 15.2 Å². The van der Waals surface area contributed by atoms with Crippen LogP contribution in [0.4, 0.5) is 10.7 Å². The lowest BCUT2D eigenvalue weighted by Crippen LogP contribution is -2.32. The third-order valence-electron chi connectivity index (χ3n) is 6.29. The molecule has 1 aliphatic carbocycles. The molecule has 0 aliphatic heterocycles. The maximum atomic E-state index is 13.2. The van der Waals surface area contributed by atoms with Crippen molar-refractivity contribution in [1.29, 1.82) is 0 Å². The molecule has 0 bridgehead atoms. The number of benzene rings is 2. The topological polar surface area (TPSA) is 108 Å². The Labute approximate surface area is 214 Å². The van der Waals surface area contributed by atoms with Crippen LogP contribution in [0.5, 0.6) is 0 Å². The van der Waals surface area contributed by atoms with E-state index in [2.05, 4.69) is 17.4 Å². The van der Waals surface area contributed by atoms with E-state index in [0.29, 0.717) is 22.2 Å². The van der Waals surface area contributed by atoms with E-state index in [1.165, 1.54) is 23.0 Å². The van der Waals surface area contributed by atoms with Crippen LogP contribution in [0.25, 0.3) is 0 Å². The molecule has 8 heteroatoms. The van der Waals surface area contributed by atoms with Crippen LogP contribution >= 0.6 is 11.3 Å². The fourth-order valence-electron chi connectivity index (χ4n) is 4.48. The number of fused-ring (bicyclic) bond motifs is 1. The highest BCUT2D eigenvalue weighted by molar-refractivity contribution is 7.17. The fourth-order valence-corrected chi connectivity index (χ4v) is 5.80. The maximum Gasteiger partial charge on any atom is 0.341 e. The largest absolute Gasteiger partial charge is 0.462 e. The zero-order valence-electron chi connectivity index (χ0n) is 20.4. The predicted molar refractivity (Wildman–Crippen MR) is 140 cm³/mol. The van der Waals surface area contributed by atoms with Gasteiger partial charge in [-0.05, 0) is 67.9 Å². The number of rotatable bonds is 8. The number of hydrogen-bond donors (Lipinski definition) is 2. The second-order valence-corrected chi connectivity index (χ2v) is 9.80. The number of carbonyl (C=O) groups excluding carboxylic acids is 3. The van der Waals surface area contributed by atoms with Crippen LogP contribution in [0.15, 0.2) is 54.6 Å². The first-order chi connectivity index (χ1) is 17.4. The van der Waals surface area contributed by atoms with E-state index in [1.807, 2.05) is 18.2 Å². The second kappa shape index (κ2) is 11.4. The van der Waals surface area contributed by atoms with E-state index in [9.17, 15) is 14.4 Å². The first kappa shape index (κ1) is 25.4. The first-order valence-corrected chi connectivity index (χ1v) is 13.0. The molecule has 0 radical (unpaired) electrons. The van der Waals surface area contributed by atoms with Gasteiger partial charge in [-0.25, -0.2) is 9.59 Å². The lowest BCUT2D eigenvalue weighted by atomic mass is 9.83. The molecule has 2 atom stereocenters. The predicted octanol–water partition coefficient (Wildman–Crippen LogP) is 5.35. The Morgan fingerprint density at radius 1 is 1.08 bits per heavy atom. The molecule has 36 heavy (non-hydrogen) atoms. The van der Waals surface area contributed by atoms with Gasteiger partial charge in [0.05, 0.1) is 17.7 Å². The number of esters is 2. The van der Waals surface area contributed by atoms with Gasteiger partial charge in [-0.2, -0.15) is 0 Å². The van der Waals surface area contributed by atoms with Crippen LogP contribution < -0.4 is 11.1 Å². The fraction of sp³-hybridized carbons (Fsp3) is 0.321. The van der Waals surface area contributed by atoms with Gasteiger partial charge in [0.25, 0.3) is 5.91 Å². The van der Waals surface area contributed by atoms with Crippen molar-refractivity contribution in [3.8, 4) is 0 Å². The number of thiophene rings is 1. The number of nitrogens with two attached hydrogens (primary N) is 1. The maximum absolute atomic E-state index is 13.2. The molecule has 3 aromatic rings. The Bertz CT molecular complexity index is 1250. The number of nitrogen functional groups attached to an aromatic ring is 1. The summed E-state index contributed by atoms with van der Waals surface area (Å²) in [5, 5.41) is 3.30. The highest BCUT2D eigenvalue weighted by Crippen LogP contribution is 2.43. The summed E-state index contributed by atoms with van der Waals surface area (Å²) in [6.45, 7) is 3.75. The number of nitrogens with one attached hydrogen (secondary N) is 1. The van der Waals surface area contributed by atoms with E-state index in [1.54, 1.807) is 32.0 Å². The molecule has 7 nitrogen and oxygen atoms in total. The summed E-state index contributed by atoms with van der Waals surface area (Å²) in [6, 6.07) is 16.7. The normalized spacial score (nSPS) is 15.4. The van der Waals surface area contributed by atoms with Crippen LogP contribution in [-0.4, -0.2) is 30.6 Å². The average Bonchev–Trinajstić information content (AvgIpc) is 3.24. The molecule has 0 saturated heterocycles. The van der Waals surface area contributed by atoms with Gasteiger partial charge in [-0.15, -0.1) is 11.3 Å². The number of anilines is 2. The minimum Gasteiger partial charge on any atom is -0.462 e. The van der Waals surface area contributed by atoms with Crippen molar-refractivity contribution < 1.29 is 23.9 Å². The number of ether oxygens (including phenoxy) is 2. The highest BCUT2D eigenvalue weighted by Gasteiger charge is 2.32. The van der Waals surface area contributed by atoms with Gasteiger partial charge < -0.3 is 20.5 Å². The number of amides is 1. The summed E-state index contributed by atoms with van der Waals surface area (Å²) in [4.78, 5) is 39.7. The molecule has 1 aromatic heterocycles. The molecular weight excluding hydrogens is 476 g/mol. The lowest BCUT2D eigenvalue weighted by molar-refractivity contribution is -0.124. The van der Waals surface area contributed by atoms with Crippen LogP contribution in [-0.2, 0) is 27.1 Å². The van der Waals surface area contributed by atoms with Crippen molar-refractivity contribution in [2.24, 2.45) is 0 Å². The van der Waals surface area contributed by atoms with Crippen molar-refractivity contribution in [1.82, 2.24) is 0 Å². The quantitative estimate of drug-likeness (QED) is 0.315. The number of hydrogen-bond acceptors (Lipinski definition) is 7. The van der Waals surface area contributed by atoms with Gasteiger partial charge >= 0.3 is 11.9 Å². The molecular formula is C28H30N2O5S. The molecule has 1 amide bonds. The zero-order chi connectivity index (χ0) is 25.7. The van der Waals surface area contributed by atoms with Crippen molar-refractivity contribution >= 4 is 39.9 Å². The molecule has 0 spiro atoms. The van der Waals surface area contributed by atoms with E-state index < -0.39 is 23.9 Å². The van der Waals surface area contributed by atoms with E-state index in [0.717, 1.165) is 29.7 Å². The van der Waals surface area contributed by atoms with Crippen LogP contribution in [0.2, 0.25) is 0 Å². The smallest absolute Gasteiger partial charge is 0.341 e. The molecule has 1 aliphatic rings. The van der Waals surface area contributed by atoms with Gasteiger partial charge in [0, 0.05) is 10.6 Å². The van der Waals surface area contributed by atoms with Gasteiger partial charge in [0.1, 0.15) is 5.00 Å². The molecule has 188 valence electrons. The van der Waals surface area contributed by atoms with Gasteiger partial charge in [0.2, 0.25) is 0 Å². The molecule has 0 saturated carbocycles. The van der Waals surface area contributed by atoms with Crippen molar-refractivity contribution in [3.63, 3.8) is 0 Å². The van der Waals surface area contributed by atoms with Crippen LogP contribution in [0.3, 0.4) is 0 Å². The first-order valence-electron chi connectivity index (χ1n) is 12.1. The summed E-state index contributed by atoms with van der Waals surface area (Å²) in [7, 11) is 0. The Hall–Kier alpha value is -3.65. The van der Waals surface area contributed by atoms with Crippen molar-refractivity contribution in [2.45, 2.75) is 51.6 Å². The Morgan fingerprint density at radius 2 is 1.86 bits per heavy atom. The van der Waals surface area contributed by atoms with Gasteiger partial charge in [0.15, 0.2) is 6.10 Å². The highest BCUT2D eigenvalue weighted by atomic mass is 32.1. The summed E-state index contributed by atoms with van der Waals surface area (Å²) >= 11 is 1.40. The third-order valence-corrected chi connectivity index (χ3v) is 7.46. The molecule has 3 N–H and O–H groups in total. The Morgan fingerprint density at radius 3 is 2.56 bits per heavy atom.